The molecule has 3 rings (SSSR count). The largest absolute Gasteiger partial charge is 0.325 e. The molecular weight excluding hydrogens is 386 g/mol. The molecule has 0 aliphatic heterocycles. The summed E-state index contributed by atoms with van der Waals surface area (Å²) < 4.78 is 27.8. The van der Waals surface area contributed by atoms with Crippen molar-refractivity contribution in [2.45, 2.75) is 25.5 Å². The molecule has 1 amide bonds. The van der Waals surface area contributed by atoms with Crippen LogP contribution in [0.2, 0.25) is 0 Å². The zero-order chi connectivity index (χ0) is 20.3. The van der Waals surface area contributed by atoms with Gasteiger partial charge in [0.25, 0.3) is 5.56 Å². The maximum Gasteiger partial charge on any atom is 0.263 e. The van der Waals surface area contributed by atoms with Gasteiger partial charge in [0, 0.05) is 24.5 Å². The third-order valence-electron chi connectivity index (χ3n) is 3.78. The molecule has 0 bridgehead atoms. The Labute approximate surface area is 164 Å². The Morgan fingerprint density at radius 1 is 1.25 bits per heavy atom. The number of rotatable bonds is 6. The van der Waals surface area contributed by atoms with Crippen molar-refractivity contribution < 1.29 is 13.6 Å². The number of thioether (sulfide) groups is 1. The highest BCUT2D eigenvalue weighted by atomic mass is 32.2. The first-order valence-electron chi connectivity index (χ1n) is 8.58. The van der Waals surface area contributed by atoms with E-state index in [4.69, 9.17) is 0 Å². The topological polar surface area (TPSA) is 76.9 Å². The van der Waals surface area contributed by atoms with Crippen molar-refractivity contribution >= 4 is 34.4 Å². The summed E-state index contributed by atoms with van der Waals surface area (Å²) >= 11 is 1.08. The maximum atomic E-state index is 13.3. The fourth-order valence-corrected chi connectivity index (χ4v) is 3.37. The number of carbonyl (C=O) groups is 1. The van der Waals surface area contributed by atoms with Gasteiger partial charge in [0.1, 0.15) is 0 Å². The number of nitrogens with one attached hydrogen (secondary N) is 1. The van der Waals surface area contributed by atoms with E-state index in [1.54, 1.807) is 18.3 Å². The number of anilines is 1. The second-order valence-corrected chi connectivity index (χ2v) is 7.49. The van der Waals surface area contributed by atoms with Crippen molar-refractivity contribution in [2.75, 3.05) is 11.1 Å². The second-order valence-electron chi connectivity index (χ2n) is 6.54. The summed E-state index contributed by atoms with van der Waals surface area (Å²) in [6.45, 7) is 4.40. The molecule has 28 heavy (non-hydrogen) atoms. The third-order valence-corrected chi connectivity index (χ3v) is 4.75. The molecular formula is C19H18F2N4O2S. The Kier molecular flexibility index (Phi) is 6.03. The summed E-state index contributed by atoms with van der Waals surface area (Å²) in [5.41, 5.74) is 0.253. The normalized spacial score (nSPS) is 11.2. The van der Waals surface area contributed by atoms with Crippen LogP contribution >= 0.6 is 11.8 Å². The van der Waals surface area contributed by atoms with Crippen LogP contribution in [0.1, 0.15) is 13.8 Å². The number of carbonyl (C=O) groups excluding carboxylic acids is 1. The lowest BCUT2D eigenvalue weighted by Crippen LogP contribution is -2.26. The van der Waals surface area contributed by atoms with E-state index in [0.717, 1.165) is 23.9 Å². The van der Waals surface area contributed by atoms with Gasteiger partial charge in [-0.15, -0.1) is 0 Å². The van der Waals surface area contributed by atoms with Crippen molar-refractivity contribution in [1.82, 2.24) is 14.5 Å². The fraction of sp³-hybridized carbons (Fsp3) is 0.263. The molecule has 0 unspecified atom stereocenters. The third kappa shape index (κ3) is 4.53. The molecule has 9 heteroatoms. The van der Waals surface area contributed by atoms with Gasteiger partial charge in [-0.2, -0.15) is 0 Å². The van der Waals surface area contributed by atoms with Crippen LogP contribution in [0.3, 0.4) is 0 Å². The number of benzene rings is 1. The van der Waals surface area contributed by atoms with E-state index in [9.17, 15) is 18.4 Å². The maximum absolute atomic E-state index is 13.3. The van der Waals surface area contributed by atoms with Gasteiger partial charge in [-0.1, -0.05) is 25.6 Å². The fourth-order valence-electron chi connectivity index (χ4n) is 2.57. The van der Waals surface area contributed by atoms with E-state index in [1.807, 2.05) is 13.8 Å². The Bertz CT molecular complexity index is 1090. The average molecular weight is 404 g/mol. The first-order chi connectivity index (χ1) is 13.3. The van der Waals surface area contributed by atoms with Crippen molar-refractivity contribution in [2.24, 2.45) is 5.92 Å². The molecule has 0 saturated carbocycles. The summed E-state index contributed by atoms with van der Waals surface area (Å²) in [6.07, 6.45) is 1.55. The van der Waals surface area contributed by atoms with Gasteiger partial charge < -0.3 is 5.32 Å². The summed E-state index contributed by atoms with van der Waals surface area (Å²) in [5, 5.41) is 3.29. The van der Waals surface area contributed by atoms with Crippen LogP contribution in [0.25, 0.3) is 11.0 Å². The van der Waals surface area contributed by atoms with Crippen LogP contribution in [0.15, 0.2) is 46.5 Å². The zero-order valence-corrected chi connectivity index (χ0v) is 16.1. The standard InChI is InChI=1S/C19H18F2N4O2S/c1-11(2)9-25-18(27)13-4-3-7-22-17(13)24-19(25)28-10-16(26)23-12-5-6-14(20)15(21)8-12/h3-8,11H,9-10H2,1-2H3,(H,23,26). The van der Waals surface area contributed by atoms with Gasteiger partial charge in [-0.25, -0.2) is 18.7 Å². The summed E-state index contributed by atoms with van der Waals surface area (Å²) in [6, 6.07) is 6.46. The molecule has 0 saturated heterocycles. The van der Waals surface area contributed by atoms with E-state index in [-0.39, 0.29) is 22.9 Å². The Hall–Kier alpha value is -2.81. The summed E-state index contributed by atoms with van der Waals surface area (Å²) in [5.74, 6) is -2.31. The lowest BCUT2D eigenvalue weighted by molar-refractivity contribution is -0.113. The Morgan fingerprint density at radius 3 is 2.75 bits per heavy atom. The molecule has 0 spiro atoms. The number of fused-ring (bicyclic) bond motifs is 1. The molecule has 2 heterocycles. The first kappa shape index (κ1) is 19.9. The summed E-state index contributed by atoms with van der Waals surface area (Å²) in [7, 11) is 0. The van der Waals surface area contributed by atoms with Gasteiger partial charge in [0.15, 0.2) is 22.4 Å². The molecule has 0 radical (unpaired) electrons. The number of aromatic nitrogens is 3. The van der Waals surface area contributed by atoms with E-state index in [1.165, 1.54) is 10.6 Å². The molecule has 0 atom stereocenters. The highest BCUT2D eigenvalue weighted by Crippen LogP contribution is 2.19. The number of nitrogens with zero attached hydrogens (tertiary/aromatic N) is 3. The monoisotopic (exact) mass is 404 g/mol. The van der Waals surface area contributed by atoms with Crippen LogP contribution < -0.4 is 10.9 Å². The molecule has 0 aliphatic rings. The second kappa shape index (κ2) is 8.47. The molecule has 0 aliphatic carbocycles. The molecule has 1 N–H and O–H groups in total. The van der Waals surface area contributed by atoms with Crippen molar-refractivity contribution in [3.05, 3.63) is 58.5 Å². The SMILES string of the molecule is CC(C)Cn1c(SCC(=O)Nc2ccc(F)c(F)c2)nc2ncccc2c1=O. The minimum Gasteiger partial charge on any atom is -0.325 e. The van der Waals surface area contributed by atoms with Crippen LogP contribution in [0.5, 0.6) is 0 Å². The smallest absolute Gasteiger partial charge is 0.263 e. The highest BCUT2D eigenvalue weighted by molar-refractivity contribution is 7.99. The number of pyridine rings is 1. The van der Waals surface area contributed by atoms with Crippen LogP contribution in [0.4, 0.5) is 14.5 Å². The van der Waals surface area contributed by atoms with E-state index >= 15 is 0 Å². The molecule has 0 fully saturated rings. The van der Waals surface area contributed by atoms with Gasteiger partial charge in [-0.05, 0) is 30.2 Å². The molecule has 6 nitrogen and oxygen atoms in total. The van der Waals surface area contributed by atoms with Gasteiger partial charge in [0.2, 0.25) is 5.91 Å². The van der Waals surface area contributed by atoms with Gasteiger partial charge in [0.05, 0.1) is 11.1 Å². The van der Waals surface area contributed by atoms with Crippen molar-refractivity contribution in [3.8, 4) is 0 Å². The number of halogens is 2. The lowest BCUT2D eigenvalue weighted by Gasteiger charge is -2.14. The van der Waals surface area contributed by atoms with E-state index < -0.39 is 17.5 Å². The number of hydrogen-bond acceptors (Lipinski definition) is 5. The Balaban J connectivity index is 1.81. The molecule has 1 aromatic carbocycles. The van der Waals surface area contributed by atoms with Gasteiger partial charge in [-0.3, -0.25) is 14.2 Å². The predicted octanol–water partition coefficient (Wildman–Crippen LogP) is 3.46. The molecule has 146 valence electrons. The molecule has 3 aromatic rings. The predicted molar refractivity (Wildman–Crippen MR) is 104 cm³/mol. The first-order valence-corrected chi connectivity index (χ1v) is 9.57. The van der Waals surface area contributed by atoms with Gasteiger partial charge >= 0.3 is 0 Å². The minimum atomic E-state index is -1.04. The quantitative estimate of drug-likeness (QED) is 0.503. The highest BCUT2D eigenvalue weighted by Gasteiger charge is 2.15. The Morgan fingerprint density at radius 2 is 2.04 bits per heavy atom. The minimum absolute atomic E-state index is 0.0537. The van der Waals surface area contributed by atoms with Crippen molar-refractivity contribution in [1.29, 1.82) is 0 Å². The average Bonchev–Trinajstić information content (AvgIpc) is 2.65. The van der Waals surface area contributed by atoms with Crippen molar-refractivity contribution in [3.63, 3.8) is 0 Å². The van der Waals surface area contributed by atoms with E-state index in [2.05, 4.69) is 15.3 Å². The lowest BCUT2D eigenvalue weighted by atomic mass is 10.2. The molecule has 2 aromatic heterocycles. The number of amides is 1. The van der Waals surface area contributed by atoms with Crippen LogP contribution in [-0.4, -0.2) is 26.2 Å². The summed E-state index contributed by atoms with van der Waals surface area (Å²) in [4.78, 5) is 33.5. The zero-order valence-electron chi connectivity index (χ0n) is 15.3. The van der Waals surface area contributed by atoms with E-state index in [0.29, 0.717) is 22.7 Å². The van der Waals surface area contributed by atoms with Crippen LogP contribution in [-0.2, 0) is 11.3 Å². The van der Waals surface area contributed by atoms with Crippen LogP contribution in [0, 0.1) is 17.6 Å². The number of hydrogen-bond donors (Lipinski definition) is 1.